The topological polar surface area (TPSA) is 26.3 Å². The largest absolute Gasteiger partial charge is 0.462 e. The van der Waals surface area contributed by atoms with Crippen LogP contribution in [0.15, 0.2) is 24.3 Å². The maximum absolute atomic E-state index is 11.3. The Morgan fingerprint density at radius 3 is 2.20 bits per heavy atom. The second kappa shape index (κ2) is 8.04. The molecular weight excluding hydrogens is 188 g/mol. The van der Waals surface area contributed by atoms with Gasteiger partial charge in [-0.2, -0.15) is 0 Å². The van der Waals surface area contributed by atoms with Gasteiger partial charge in [0.2, 0.25) is 0 Å². The number of carbonyl (C=O) groups is 1. The Morgan fingerprint density at radius 1 is 1.20 bits per heavy atom. The van der Waals surface area contributed by atoms with Gasteiger partial charge in [-0.25, -0.2) is 4.79 Å². The molecule has 0 saturated heterocycles. The second-order valence-corrected chi connectivity index (χ2v) is 3.00. The second-order valence-electron chi connectivity index (χ2n) is 3.00. The fraction of sp³-hybridized carbons (Fsp3) is 0.462. The van der Waals surface area contributed by atoms with Crippen LogP contribution in [-0.4, -0.2) is 12.6 Å². The summed E-state index contributed by atoms with van der Waals surface area (Å²) in [7, 11) is 0. The maximum atomic E-state index is 11.3. The van der Waals surface area contributed by atoms with Gasteiger partial charge in [-0.1, -0.05) is 38.5 Å². The number of rotatable bonds is 3. The number of hydrogen-bond acceptors (Lipinski definition) is 2. The molecule has 2 heteroatoms. The molecule has 0 aliphatic rings. The van der Waals surface area contributed by atoms with Crippen LogP contribution in [0.2, 0.25) is 0 Å². The fourth-order valence-corrected chi connectivity index (χ4v) is 0.968. The minimum Gasteiger partial charge on any atom is -0.462 e. The highest BCUT2D eigenvalue weighted by molar-refractivity contribution is 5.89. The van der Waals surface area contributed by atoms with Gasteiger partial charge in [0.15, 0.2) is 0 Å². The summed E-state index contributed by atoms with van der Waals surface area (Å²) in [4.78, 5) is 11.3. The zero-order valence-corrected chi connectivity index (χ0v) is 10.0. The van der Waals surface area contributed by atoms with Gasteiger partial charge >= 0.3 is 5.97 Å². The lowest BCUT2D eigenvalue weighted by Crippen LogP contribution is -2.05. The number of aryl methyl sites for hydroxylation is 1. The predicted molar refractivity (Wildman–Crippen MR) is 63.1 cm³/mol. The molecule has 0 amide bonds. The van der Waals surface area contributed by atoms with Crippen LogP contribution in [0.25, 0.3) is 0 Å². The molecule has 0 heterocycles. The van der Waals surface area contributed by atoms with E-state index in [4.69, 9.17) is 4.74 Å². The molecule has 0 aliphatic carbocycles. The summed E-state index contributed by atoms with van der Waals surface area (Å²) in [6.45, 7) is 8.45. The first-order valence-corrected chi connectivity index (χ1v) is 5.48. The first-order chi connectivity index (χ1) is 7.24. The Kier molecular flexibility index (Phi) is 7.33. The van der Waals surface area contributed by atoms with Crippen molar-refractivity contribution in [3.8, 4) is 0 Å². The van der Waals surface area contributed by atoms with Crippen molar-refractivity contribution < 1.29 is 9.53 Å². The van der Waals surface area contributed by atoms with Crippen LogP contribution >= 0.6 is 0 Å². The number of ether oxygens (including phenoxy) is 1. The Bertz CT molecular complexity index is 275. The minimum absolute atomic E-state index is 0.234. The van der Waals surface area contributed by atoms with E-state index in [2.05, 4.69) is 0 Å². The third kappa shape index (κ3) is 5.21. The van der Waals surface area contributed by atoms with Crippen LogP contribution in [0.5, 0.6) is 0 Å². The first kappa shape index (κ1) is 13.7. The lowest BCUT2D eigenvalue weighted by molar-refractivity contribution is 0.0505. The summed E-state index contributed by atoms with van der Waals surface area (Å²) < 4.78 is 4.98. The minimum atomic E-state index is -0.234. The summed E-state index contributed by atoms with van der Waals surface area (Å²) in [5.41, 5.74) is 1.77. The van der Waals surface area contributed by atoms with Crippen LogP contribution in [0, 0.1) is 6.92 Å². The normalized spacial score (nSPS) is 8.80. The van der Waals surface area contributed by atoms with E-state index in [9.17, 15) is 4.79 Å². The standard InChI is InChI=1S/C11H14O2.C2H6/c1-3-8-13-11(12)10-6-4-9(2)5-7-10;1-2/h4-7H,3,8H2,1-2H3;1-2H3. The average molecular weight is 208 g/mol. The molecular formula is C13H20O2. The first-order valence-electron chi connectivity index (χ1n) is 5.48. The predicted octanol–water partition coefficient (Wildman–Crippen LogP) is 3.59. The van der Waals surface area contributed by atoms with E-state index in [-0.39, 0.29) is 5.97 Å². The van der Waals surface area contributed by atoms with Crippen molar-refractivity contribution in [2.45, 2.75) is 34.1 Å². The van der Waals surface area contributed by atoms with E-state index >= 15 is 0 Å². The van der Waals surface area contributed by atoms with Crippen LogP contribution in [-0.2, 0) is 4.74 Å². The van der Waals surface area contributed by atoms with Gasteiger partial charge in [0, 0.05) is 0 Å². The van der Waals surface area contributed by atoms with Crippen LogP contribution in [0.4, 0.5) is 0 Å². The van der Waals surface area contributed by atoms with E-state index in [1.807, 2.05) is 39.8 Å². The molecule has 0 unspecified atom stereocenters. The SMILES string of the molecule is CC.CCCOC(=O)c1ccc(C)cc1. The third-order valence-electron chi connectivity index (χ3n) is 1.72. The van der Waals surface area contributed by atoms with Crippen molar-refractivity contribution in [2.75, 3.05) is 6.61 Å². The highest BCUT2D eigenvalue weighted by atomic mass is 16.5. The Morgan fingerprint density at radius 2 is 1.73 bits per heavy atom. The molecule has 15 heavy (non-hydrogen) atoms. The molecule has 2 nitrogen and oxygen atoms in total. The highest BCUT2D eigenvalue weighted by Crippen LogP contribution is 2.04. The van der Waals surface area contributed by atoms with E-state index in [0.717, 1.165) is 12.0 Å². The van der Waals surface area contributed by atoms with Gasteiger partial charge in [-0.15, -0.1) is 0 Å². The fourth-order valence-electron chi connectivity index (χ4n) is 0.968. The molecule has 0 N–H and O–H groups in total. The number of esters is 1. The molecule has 0 radical (unpaired) electrons. The zero-order valence-electron chi connectivity index (χ0n) is 10.0. The average Bonchev–Trinajstić information content (AvgIpc) is 2.29. The molecule has 1 rings (SSSR count). The lowest BCUT2D eigenvalue weighted by Gasteiger charge is -2.02. The molecule has 0 fully saturated rings. The van der Waals surface area contributed by atoms with Crippen molar-refractivity contribution in [2.24, 2.45) is 0 Å². The summed E-state index contributed by atoms with van der Waals surface area (Å²) in [6.07, 6.45) is 0.859. The molecule has 0 atom stereocenters. The van der Waals surface area contributed by atoms with Gasteiger partial charge in [-0.05, 0) is 25.5 Å². The summed E-state index contributed by atoms with van der Waals surface area (Å²) >= 11 is 0. The quantitative estimate of drug-likeness (QED) is 0.709. The summed E-state index contributed by atoms with van der Waals surface area (Å²) in [5, 5.41) is 0. The summed E-state index contributed by atoms with van der Waals surface area (Å²) in [6, 6.07) is 7.38. The summed E-state index contributed by atoms with van der Waals surface area (Å²) in [5.74, 6) is -0.234. The van der Waals surface area contributed by atoms with Gasteiger partial charge in [-0.3, -0.25) is 0 Å². The molecule has 84 valence electrons. The van der Waals surface area contributed by atoms with E-state index in [1.165, 1.54) is 0 Å². The molecule has 0 spiro atoms. The van der Waals surface area contributed by atoms with Crippen LogP contribution in [0.3, 0.4) is 0 Å². The number of benzene rings is 1. The van der Waals surface area contributed by atoms with Crippen molar-refractivity contribution >= 4 is 5.97 Å². The molecule has 0 aromatic heterocycles. The molecule has 0 saturated carbocycles. The van der Waals surface area contributed by atoms with E-state index in [0.29, 0.717) is 12.2 Å². The number of hydrogen-bond donors (Lipinski definition) is 0. The van der Waals surface area contributed by atoms with Crippen molar-refractivity contribution in [1.29, 1.82) is 0 Å². The van der Waals surface area contributed by atoms with Crippen molar-refractivity contribution in [3.05, 3.63) is 35.4 Å². The lowest BCUT2D eigenvalue weighted by atomic mass is 10.1. The van der Waals surface area contributed by atoms with Gasteiger partial charge in [0.05, 0.1) is 12.2 Å². The van der Waals surface area contributed by atoms with Crippen molar-refractivity contribution in [1.82, 2.24) is 0 Å². The van der Waals surface area contributed by atoms with Crippen LogP contribution < -0.4 is 0 Å². The van der Waals surface area contributed by atoms with Crippen molar-refractivity contribution in [3.63, 3.8) is 0 Å². The van der Waals surface area contributed by atoms with Gasteiger partial charge in [0.1, 0.15) is 0 Å². The Hall–Kier alpha value is -1.31. The molecule has 1 aromatic carbocycles. The van der Waals surface area contributed by atoms with E-state index in [1.54, 1.807) is 12.1 Å². The highest BCUT2D eigenvalue weighted by Gasteiger charge is 2.04. The Labute approximate surface area is 92.3 Å². The molecule has 0 aliphatic heterocycles. The van der Waals surface area contributed by atoms with Gasteiger partial charge < -0.3 is 4.74 Å². The monoisotopic (exact) mass is 208 g/mol. The number of carbonyl (C=O) groups excluding carboxylic acids is 1. The smallest absolute Gasteiger partial charge is 0.338 e. The molecule has 1 aromatic rings. The van der Waals surface area contributed by atoms with Crippen LogP contribution in [0.1, 0.15) is 43.1 Å². The molecule has 0 bridgehead atoms. The Balaban J connectivity index is 0.000000921. The maximum Gasteiger partial charge on any atom is 0.338 e. The third-order valence-corrected chi connectivity index (χ3v) is 1.72. The van der Waals surface area contributed by atoms with E-state index < -0.39 is 0 Å². The van der Waals surface area contributed by atoms with Gasteiger partial charge in [0.25, 0.3) is 0 Å². The zero-order chi connectivity index (χ0) is 11.7.